The molecule has 0 bridgehead atoms. The van der Waals surface area contributed by atoms with E-state index in [4.69, 9.17) is 0 Å². The fraction of sp³-hybridized carbons (Fsp3) is 0.100. The Labute approximate surface area is 138 Å². The number of nitrogens with one attached hydrogen (secondary N) is 1. The van der Waals surface area contributed by atoms with Gasteiger partial charge in [0.05, 0.1) is 12.1 Å². The van der Waals surface area contributed by atoms with Crippen molar-refractivity contribution in [2.24, 2.45) is 0 Å². The third-order valence-corrected chi connectivity index (χ3v) is 4.42. The van der Waals surface area contributed by atoms with Gasteiger partial charge in [-0.2, -0.15) is 0 Å². The summed E-state index contributed by atoms with van der Waals surface area (Å²) in [4.78, 5) is 28.3. The van der Waals surface area contributed by atoms with Crippen LogP contribution in [-0.2, 0) is 6.54 Å². The molecule has 0 saturated carbocycles. The van der Waals surface area contributed by atoms with Gasteiger partial charge in [0.1, 0.15) is 0 Å². The van der Waals surface area contributed by atoms with Crippen LogP contribution in [0.1, 0.15) is 15.9 Å². The van der Waals surface area contributed by atoms with E-state index >= 15 is 0 Å². The summed E-state index contributed by atoms with van der Waals surface area (Å²) in [5.41, 5.74) is 3.09. The van der Waals surface area contributed by atoms with E-state index < -0.39 is 0 Å². The van der Waals surface area contributed by atoms with E-state index in [2.05, 4.69) is 4.98 Å². The Morgan fingerprint density at radius 2 is 1.75 bits per heavy atom. The number of fused-ring (bicyclic) bond motifs is 2. The van der Waals surface area contributed by atoms with Crippen LogP contribution in [0, 0.1) is 6.92 Å². The highest BCUT2D eigenvalue weighted by molar-refractivity contribution is 6.08. The number of aromatic nitrogens is 2. The highest BCUT2D eigenvalue weighted by Crippen LogP contribution is 2.20. The molecule has 24 heavy (non-hydrogen) atoms. The molecule has 118 valence electrons. The van der Waals surface area contributed by atoms with Crippen molar-refractivity contribution in [3.05, 3.63) is 82.3 Å². The van der Waals surface area contributed by atoms with E-state index in [1.807, 2.05) is 55.5 Å². The lowest BCUT2D eigenvalue weighted by Crippen LogP contribution is -2.24. The summed E-state index contributed by atoms with van der Waals surface area (Å²) in [5, 5.41) is 1.87. The number of H-pyrrole nitrogens is 1. The van der Waals surface area contributed by atoms with Gasteiger partial charge in [0.25, 0.3) is 5.56 Å². The second-order valence-corrected chi connectivity index (χ2v) is 5.94. The quantitative estimate of drug-likeness (QED) is 0.586. The van der Waals surface area contributed by atoms with Crippen molar-refractivity contribution in [3.63, 3.8) is 0 Å². The van der Waals surface area contributed by atoms with Gasteiger partial charge in [-0.15, -0.1) is 0 Å². The first-order chi connectivity index (χ1) is 11.6. The largest absolute Gasteiger partial charge is 0.360 e. The number of carbonyl (C=O) groups is 1. The molecule has 2 aromatic heterocycles. The van der Waals surface area contributed by atoms with Crippen LogP contribution in [0.15, 0.2) is 65.6 Å². The van der Waals surface area contributed by atoms with Crippen molar-refractivity contribution >= 4 is 27.6 Å². The van der Waals surface area contributed by atoms with Gasteiger partial charge in [-0.05, 0) is 24.6 Å². The van der Waals surface area contributed by atoms with Crippen LogP contribution in [0.4, 0.5) is 0 Å². The number of pyridine rings is 1. The molecule has 0 atom stereocenters. The maximum atomic E-state index is 12.8. The van der Waals surface area contributed by atoms with Crippen LogP contribution < -0.4 is 5.56 Å². The SMILES string of the molecule is Cc1cc(=O)n(CC(=O)c2c[nH]c3ccccc23)c2ccccc12. The molecule has 0 aliphatic carbocycles. The Hall–Kier alpha value is -3.14. The number of rotatable bonds is 3. The smallest absolute Gasteiger partial charge is 0.251 e. The predicted octanol–water partition coefficient (Wildman–Crippen LogP) is 3.67. The molecule has 2 heterocycles. The second-order valence-electron chi connectivity index (χ2n) is 5.94. The third-order valence-electron chi connectivity index (χ3n) is 4.42. The molecule has 4 nitrogen and oxygen atoms in total. The standard InChI is InChI=1S/C20H16N2O2/c1-13-10-20(24)22(18-9-5-3-6-14(13)18)12-19(23)16-11-21-17-8-4-2-7-15(16)17/h2-11,21H,12H2,1H3. The number of Topliss-reactive ketones (excluding diaryl/α,β-unsaturated/α-hetero) is 1. The number of hydrogen-bond acceptors (Lipinski definition) is 2. The summed E-state index contributed by atoms with van der Waals surface area (Å²) in [6, 6.07) is 16.9. The zero-order valence-corrected chi connectivity index (χ0v) is 13.2. The summed E-state index contributed by atoms with van der Waals surface area (Å²) in [7, 11) is 0. The first kappa shape index (κ1) is 14.5. The van der Waals surface area contributed by atoms with Gasteiger partial charge in [0, 0.05) is 34.1 Å². The summed E-state index contributed by atoms with van der Waals surface area (Å²) in [6.45, 7) is 1.94. The monoisotopic (exact) mass is 316 g/mol. The van der Waals surface area contributed by atoms with Gasteiger partial charge >= 0.3 is 0 Å². The Morgan fingerprint density at radius 3 is 2.58 bits per heavy atom. The highest BCUT2D eigenvalue weighted by Gasteiger charge is 2.15. The van der Waals surface area contributed by atoms with Crippen molar-refractivity contribution in [1.82, 2.24) is 9.55 Å². The molecule has 1 N–H and O–H groups in total. The Morgan fingerprint density at radius 1 is 1.04 bits per heavy atom. The fourth-order valence-corrected chi connectivity index (χ4v) is 3.20. The average molecular weight is 316 g/mol. The van der Waals surface area contributed by atoms with Crippen LogP contribution in [-0.4, -0.2) is 15.3 Å². The van der Waals surface area contributed by atoms with Gasteiger partial charge in [0.15, 0.2) is 5.78 Å². The maximum Gasteiger partial charge on any atom is 0.251 e. The molecule has 4 rings (SSSR count). The van der Waals surface area contributed by atoms with Crippen LogP contribution in [0.2, 0.25) is 0 Å². The maximum absolute atomic E-state index is 12.8. The number of carbonyl (C=O) groups excluding carboxylic acids is 1. The Bertz CT molecular complexity index is 1140. The van der Waals surface area contributed by atoms with Crippen molar-refractivity contribution in [3.8, 4) is 0 Å². The lowest BCUT2D eigenvalue weighted by atomic mass is 10.1. The van der Waals surface area contributed by atoms with Crippen LogP contribution in [0.3, 0.4) is 0 Å². The lowest BCUT2D eigenvalue weighted by molar-refractivity contribution is 0.0974. The number of aromatic amines is 1. The van der Waals surface area contributed by atoms with Gasteiger partial charge in [-0.3, -0.25) is 9.59 Å². The zero-order chi connectivity index (χ0) is 16.7. The molecule has 2 aromatic carbocycles. The van der Waals surface area contributed by atoms with Crippen molar-refractivity contribution in [2.45, 2.75) is 13.5 Å². The Balaban J connectivity index is 1.82. The van der Waals surface area contributed by atoms with Gasteiger partial charge in [-0.25, -0.2) is 0 Å². The molecule has 0 fully saturated rings. The number of nitrogens with zero attached hydrogens (tertiary/aromatic N) is 1. The van der Waals surface area contributed by atoms with Gasteiger partial charge in [-0.1, -0.05) is 36.4 Å². The topological polar surface area (TPSA) is 54.9 Å². The molecule has 4 aromatic rings. The third kappa shape index (κ3) is 2.24. The summed E-state index contributed by atoms with van der Waals surface area (Å²) >= 11 is 0. The number of benzene rings is 2. The van der Waals surface area contributed by atoms with E-state index in [1.165, 1.54) is 0 Å². The molecular weight excluding hydrogens is 300 g/mol. The van der Waals surface area contributed by atoms with Crippen molar-refractivity contribution < 1.29 is 4.79 Å². The molecule has 0 amide bonds. The van der Waals surface area contributed by atoms with Crippen LogP contribution in [0.5, 0.6) is 0 Å². The predicted molar refractivity (Wildman–Crippen MR) is 95.6 cm³/mol. The van der Waals surface area contributed by atoms with Crippen molar-refractivity contribution in [1.29, 1.82) is 0 Å². The van der Waals surface area contributed by atoms with E-state index in [1.54, 1.807) is 16.8 Å². The first-order valence-electron chi connectivity index (χ1n) is 7.83. The second kappa shape index (κ2) is 5.49. The first-order valence-corrected chi connectivity index (χ1v) is 7.83. The van der Waals surface area contributed by atoms with Crippen molar-refractivity contribution in [2.75, 3.05) is 0 Å². The molecule has 0 saturated heterocycles. The number of ketones is 1. The number of hydrogen-bond donors (Lipinski definition) is 1. The number of aryl methyl sites for hydroxylation is 1. The molecule has 0 spiro atoms. The lowest BCUT2D eigenvalue weighted by Gasteiger charge is -2.11. The van der Waals surface area contributed by atoms with E-state index in [0.717, 1.165) is 27.4 Å². The fourth-order valence-electron chi connectivity index (χ4n) is 3.20. The van der Waals surface area contributed by atoms with Crippen LogP contribution >= 0.6 is 0 Å². The summed E-state index contributed by atoms with van der Waals surface area (Å²) in [5.74, 6) is -0.0800. The Kier molecular flexibility index (Phi) is 3.31. The molecule has 0 radical (unpaired) electrons. The summed E-state index contributed by atoms with van der Waals surface area (Å²) < 4.78 is 1.55. The van der Waals surface area contributed by atoms with Gasteiger partial charge in [0.2, 0.25) is 0 Å². The molecular formula is C20H16N2O2. The highest BCUT2D eigenvalue weighted by atomic mass is 16.1. The van der Waals surface area contributed by atoms with E-state index in [9.17, 15) is 9.59 Å². The average Bonchev–Trinajstić information content (AvgIpc) is 3.02. The van der Waals surface area contributed by atoms with E-state index in [-0.39, 0.29) is 17.9 Å². The van der Waals surface area contributed by atoms with Gasteiger partial charge < -0.3 is 9.55 Å². The molecule has 0 unspecified atom stereocenters. The summed E-state index contributed by atoms with van der Waals surface area (Å²) in [6.07, 6.45) is 1.72. The van der Waals surface area contributed by atoms with Crippen LogP contribution in [0.25, 0.3) is 21.8 Å². The minimum Gasteiger partial charge on any atom is -0.360 e. The molecule has 4 heteroatoms. The minimum absolute atomic E-state index is 0.0292. The van der Waals surface area contributed by atoms with E-state index in [0.29, 0.717) is 5.56 Å². The zero-order valence-electron chi connectivity index (χ0n) is 13.2. The normalized spacial score (nSPS) is 11.2. The number of para-hydroxylation sites is 2. The molecule has 0 aliphatic rings. The minimum atomic E-state index is -0.153. The molecule has 0 aliphatic heterocycles.